The second-order valence-electron chi connectivity index (χ2n) is 4.82. The second-order valence-corrected chi connectivity index (χ2v) is 4.82. The van der Waals surface area contributed by atoms with E-state index < -0.39 is 5.60 Å². The third kappa shape index (κ3) is 7.65. The minimum Gasteiger partial charge on any atom is -0.389 e. The number of nitrogens with one attached hydrogen (secondary N) is 1. The fourth-order valence-electron chi connectivity index (χ4n) is 1.57. The molecular formula is C12H26N2O2. The molecule has 16 heavy (non-hydrogen) atoms. The average Bonchev–Trinajstić information content (AvgIpc) is 2.16. The Morgan fingerprint density at radius 1 is 1.44 bits per heavy atom. The van der Waals surface area contributed by atoms with Crippen LogP contribution in [0.1, 0.15) is 39.5 Å². The molecule has 4 heteroatoms. The first-order valence-electron chi connectivity index (χ1n) is 6.02. The van der Waals surface area contributed by atoms with Crippen molar-refractivity contribution in [3.63, 3.8) is 0 Å². The third-order valence-electron chi connectivity index (χ3n) is 2.54. The monoisotopic (exact) mass is 230 g/mol. The van der Waals surface area contributed by atoms with Gasteiger partial charge in [0.05, 0.1) is 5.60 Å². The Hall–Kier alpha value is -0.610. The highest BCUT2D eigenvalue weighted by Crippen LogP contribution is 2.09. The highest BCUT2D eigenvalue weighted by molar-refractivity contribution is 5.75. The van der Waals surface area contributed by atoms with Crippen molar-refractivity contribution in [2.75, 3.05) is 27.2 Å². The van der Waals surface area contributed by atoms with E-state index in [1.54, 1.807) is 19.0 Å². The van der Waals surface area contributed by atoms with Gasteiger partial charge in [-0.1, -0.05) is 13.3 Å². The molecule has 0 aromatic heterocycles. The molecule has 2 N–H and O–H groups in total. The predicted octanol–water partition coefficient (Wildman–Crippen LogP) is 0.995. The van der Waals surface area contributed by atoms with Crippen molar-refractivity contribution < 1.29 is 9.90 Å². The summed E-state index contributed by atoms with van der Waals surface area (Å²) in [6.07, 6.45) is 3.17. The normalized spacial score (nSPS) is 14.6. The molecule has 0 saturated carbocycles. The van der Waals surface area contributed by atoms with Gasteiger partial charge in [0, 0.05) is 27.1 Å². The molecule has 1 atom stereocenters. The smallest absolute Gasteiger partial charge is 0.222 e. The van der Waals surface area contributed by atoms with Gasteiger partial charge in [-0.3, -0.25) is 4.79 Å². The van der Waals surface area contributed by atoms with Crippen molar-refractivity contribution in [2.24, 2.45) is 0 Å². The van der Waals surface area contributed by atoms with E-state index in [-0.39, 0.29) is 5.91 Å². The SMILES string of the molecule is CCCC(C)(O)CNCCCC(=O)N(C)C. The van der Waals surface area contributed by atoms with E-state index in [0.29, 0.717) is 13.0 Å². The summed E-state index contributed by atoms with van der Waals surface area (Å²) < 4.78 is 0. The summed E-state index contributed by atoms with van der Waals surface area (Å²) in [4.78, 5) is 12.9. The molecule has 0 aliphatic rings. The van der Waals surface area contributed by atoms with Crippen molar-refractivity contribution >= 4 is 5.91 Å². The van der Waals surface area contributed by atoms with Crippen LogP contribution in [-0.2, 0) is 4.79 Å². The number of nitrogens with zero attached hydrogens (tertiary/aromatic N) is 1. The van der Waals surface area contributed by atoms with Crippen LogP contribution < -0.4 is 5.32 Å². The molecule has 0 radical (unpaired) electrons. The van der Waals surface area contributed by atoms with Crippen molar-refractivity contribution in [1.29, 1.82) is 0 Å². The van der Waals surface area contributed by atoms with E-state index in [1.807, 2.05) is 6.92 Å². The maximum absolute atomic E-state index is 11.3. The molecule has 0 heterocycles. The van der Waals surface area contributed by atoms with Crippen LogP contribution in [0.15, 0.2) is 0 Å². The molecule has 4 nitrogen and oxygen atoms in total. The van der Waals surface area contributed by atoms with E-state index in [1.165, 1.54) is 0 Å². The lowest BCUT2D eigenvalue weighted by molar-refractivity contribution is -0.128. The first-order chi connectivity index (χ1) is 7.39. The van der Waals surface area contributed by atoms with Crippen LogP contribution in [0, 0.1) is 0 Å². The van der Waals surface area contributed by atoms with Crippen LogP contribution in [0.3, 0.4) is 0 Å². The highest BCUT2D eigenvalue weighted by Gasteiger charge is 2.17. The second kappa shape index (κ2) is 7.63. The summed E-state index contributed by atoms with van der Waals surface area (Å²) in [5, 5.41) is 13.1. The first kappa shape index (κ1) is 15.4. The first-order valence-corrected chi connectivity index (χ1v) is 6.02. The van der Waals surface area contributed by atoms with Crippen LogP contribution in [0.2, 0.25) is 0 Å². The lowest BCUT2D eigenvalue weighted by Gasteiger charge is -2.23. The molecule has 1 unspecified atom stereocenters. The van der Waals surface area contributed by atoms with Gasteiger partial charge in [0.1, 0.15) is 0 Å². The Morgan fingerprint density at radius 3 is 2.56 bits per heavy atom. The van der Waals surface area contributed by atoms with E-state index in [2.05, 4.69) is 12.2 Å². The Bertz CT molecular complexity index is 203. The maximum Gasteiger partial charge on any atom is 0.222 e. The van der Waals surface area contributed by atoms with Crippen molar-refractivity contribution in [2.45, 2.75) is 45.1 Å². The van der Waals surface area contributed by atoms with Crippen molar-refractivity contribution in [1.82, 2.24) is 10.2 Å². The van der Waals surface area contributed by atoms with Crippen LogP contribution in [0.25, 0.3) is 0 Å². The van der Waals surface area contributed by atoms with Crippen LogP contribution in [-0.4, -0.2) is 48.7 Å². The Balaban J connectivity index is 3.50. The minimum absolute atomic E-state index is 0.155. The van der Waals surface area contributed by atoms with Gasteiger partial charge in [0.2, 0.25) is 5.91 Å². The maximum atomic E-state index is 11.3. The Kier molecular flexibility index (Phi) is 7.34. The number of carbonyl (C=O) groups excluding carboxylic acids is 1. The zero-order valence-corrected chi connectivity index (χ0v) is 11.0. The lowest BCUT2D eigenvalue weighted by Crippen LogP contribution is -2.38. The molecule has 0 aromatic carbocycles. The van der Waals surface area contributed by atoms with Crippen LogP contribution in [0.4, 0.5) is 0 Å². The molecule has 0 aliphatic carbocycles. The number of carbonyl (C=O) groups is 1. The predicted molar refractivity (Wildman–Crippen MR) is 66.3 cm³/mol. The van der Waals surface area contributed by atoms with Gasteiger partial charge in [-0.2, -0.15) is 0 Å². The number of aliphatic hydroxyl groups is 1. The van der Waals surface area contributed by atoms with E-state index in [4.69, 9.17) is 0 Å². The summed E-state index contributed by atoms with van der Waals surface area (Å²) in [7, 11) is 3.53. The van der Waals surface area contributed by atoms with E-state index in [0.717, 1.165) is 25.8 Å². The van der Waals surface area contributed by atoms with Gasteiger partial charge in [-0.05, 0) is 26.3 Å². The summed E-state index contributed by atoms with van der Waals surface area (Å²) in [5.41, 5.74) is -0.625. The molecule has 96 valence electrons. The van der Waals surface area contributed by atoms with Gasteiger partial charge >= 0.3 is 0 Å². The summed E-state index contributed by atoms with van der Waals surface area (Å²) >= 11 is 0. The average molecular weight is 230 g/mol. The largest absolute Gasteiger partial charge is 0.389 e. The number of amides is 1. The van der Waals surface area contributed by atoms with Crippen molar-refractivity contribution in [3.8, 4) is 0 Å². The Labute approximate surface area is 99.0 Å². The molecule has 0 spiro atoms. The summed E-state index contributed by atoms with van der Waals surface area (Å²) in [6.45, 7) is 5.27. The molecule has 0 bridgehead atoms. The van der Waals surface area contributed by atoms with E-state index >= 15 is 0 Å². The van der Waals surface area contributed by atoms with E-state index in [9.17, 15) is 9.90 Å². The van der Waals surface area contributed by atoms with Gasteiger partial charge in [-0.25, -0.2) is 0 Å². The fraction of sp³-hybridized carbons (Fsp3) is 0.917. The molecular weight excluding hydrogens is 204 g/mol. The van der Waals surface area contributed by atoms with Crippen LogP contribution in [0.5, 0.6) is 0 Å². The molecule has 0 fully saturated rings. The summed E-state index contributed by atoms with van der Waals surface area (Å²) in [5.74, 6) is 0.155. The zero-order valence-electron chi connectivity index (χ0n) is 11.0. The molecule has 0 aromatic rings. The third-order valence-corrected chi connectivity index (χ3v) is 2.54. The summed E-state index contributed by atoms with van der Waals surface area (Å²) in [6, 6.07) is 0. The number of hydrogen-bond acceptors (Lipinski definition) is 3. The topological polar surface area (TPSA) is 52.6 Å². The van der Waals surface area contributed by atoms with Crippen molar-refractivity contribution in [3.05, 3.63) is 0 Å². The van der Waals surface area contributed by atoms with Gasteiger partial charge in [0.25, 0.3) is 0 Å². The standard InChI is InChI=1S/C12H26N2O2/c1-5-8-12(2,16)10-13-9-6-7-11(15)14(3)4/h13,16H,5-10H2,1-4H3. The highest BCUT2D eigenvalue weighted by atomic mass is 16.3. The van der Waals surface area contributed by atoms with Gasteiger partial charge in [-0.15, -0.1) is 0 Å². The van der Waals surface area contributed by atoms with Gasteiger partial charge in [0.15, 0.2) is 0 Å². The quantitative estimate of drug-likeness (QED) is 0.612. The number of rotatable bonds is 8. The molecule has 0 aliphatic heterocycles. The molecule has 0 saturated heterocycles. The lowest BCUT2D eigenvalue weighted by atomic mass is 10.0. The molecule has 1 amide bonds. The Morgan fingerprint density at radius 2 is 2.06 bits per heavy atom. The fourth-order valence-corrected chi connectivity index (χ4v) is 1.57. The minimum atomic E-state index is -0.625. The molecule has 0 rings (SSSR count). The van der Waals surface area contributed by atoms with Gasteiger partial charge < -0.3 is 15.3 Å². The number of hydrogen-bond donors (Lipinski definition) is 2. The zero-order chi connectivity index (χ0) is 12.6. The van der Waals surface area contributed by atoms with Crippen LogP contribution >= 0.6 is 0 Å².